The molecule has 1 atom stereocenters. The Morgan fingerprint density at radius 3 is 2.86 bits per heavy atom. The van der Waals surface area contributed by atoms with Crippen molar-refractivity contribution in [3.8, 4) is 0 Å². The van der Waals surface area contributed by atoms with Crippen LogP contribution in [0.15, 0.2) is 48.5 Å². The highest BCUT2D eigenvalue weighted by Crippen LogP contribution is 2.31. The zero-order chi connectivity index (χ0) is 14.8. The molecule has 0 fully saturated rings. The lowest BCUT2D eigenvalue weighted by molar-refractivity contribution is -0.115. The number of carbonyl (C=O) groups is 1. The molecule has 0 radical (unpaired) electrons. The molecule has 0 unspecified atom stereocenters. The summed E-state index contributed by atoms with van der Waals surface area (Å²) in [7, 11) is 0. The number of nitrogens with zero attached hydrogens (tertiary/aromatic N) is 1. The molecule has 2 aromatic rings. The van der Waals surface area contributed by atoms with E-state index >= 15 is 0 Å². The summed E-state index contributed by atoms with van der Waals surface area (Å²) >= 11 is 0. The lowest BCUT2D eigenvalue weighted by Crippen LogP contribution is -2.37. The van der Waals surface area contributed by atoms with Crippen molar-refractivity contribution in [2.45, 2.75) is 26.3 Å². The molecule has 108 valence electrons. The number of para-hydroxylation sites is 1. The number of carbonyl (C=O) groups excluding carboxylic acids is 1. The topological polar surface area (TPSA) is 32.3 Å². The molecule has 1 heterocycles. The molecule has 3 nitrogen and oxygen atoms in total. The second kappa shape index (κ2) is 5.60. The minimum Gasteiger partial charge on any atom is -0.359 e. The quantitative estimate of drug-likeness (QED) is 0.934. The molecule has 0 bridgehead atoms. The zero-order valence-electron chi connectivity index (χ0n) is 12.5. The molecular formula is C18H20N2O. The normalized spacial score (nSPS) is 16.7. The van der Waals surface area contributed by atoms with E-state index in [1.54, 1.807) is 0 Å². The first-order valence-corrected chi connectivity index (χ1v) is 7.34. The summed E-state index contributed by atoms with van der Waals surface area (Å²) in [5.74, 6) is 0.0316. The fourth-order valence-corrected chi connectivity index (χ4v) is 2.95. The van der Waals surface area contributed by atoms with E-state index in [0.717, 1.165) is 17.7 Å². The lowest BCUT2D eigenvalue weighted by atomic mass is 10.1. The van der Waals surface area contributed by atoms with Crippen molar-refractivity contribution >= 4 is 17.3 Å². The third-order valence-electron chi connectivity index (χ3n) is 3.96. The molecule has 0 spiro atoms. The van der Waals surface area contributed by atoms with Gasteiger partial charge < -0.3 is 10.2 Å². The minimum absolute atomic E-state index is 0.0316. The first-order chi connectivity index (χ1) is 10.1. The van der Waals surface area contributed by atoms with Gasteiger partial charge in [0, 0.05) is 17.4 Å². The van der Waals surface area contributed by atoms with Gasteiger partial charge in [-0.05, 0) is 49.6 Å². The largest absolute Gasteiger partial charge is 0.359 e. The number of aryl methyl sites for hydroxylation is 1. The average molecular weight is 280 g/mol. The van der Waals surface area contributed by atoms with E-state index in [9.17, 15) is 4.79 Å². The Morgan fingerprint density at radius 1 is 1.24 bits per heavy atom. The summed E-state index contributed by atoms with van der Waals surface area (Å²) < 4.78 is 0. The SMILES string of the molecule is Cc1cccc(NC(=O)CN2c3ccccc3C[C@@H]2C)c1. The fraction of sp³-hybridized carbons (Fsp3) is 0.278. The van der Waals surface area contributed by atoms with Gasteiger partial charge in [0.1, 0.15) is 0 Å². The van der Waals surface area contributed by atoms with Gasteiger partial charge in [-0.3, -0.25) is 4.79 Å². The molecule has 2 aromatic carbocycles. The van der Waals surface area contributed by atoms with E-state index in [1.165, 1.54) is 11.3 Å². The summed E-state index contributed by atoms with van der Waals surface area (Å²) in [6, 6.07) is 16.6. The Kier molecular flexibility index (Phi) is 3.65. The summed E-state index contributed by atoms with van der Waals surface area (Å²) in [5, 5.41) is 2.98. The van der Waals surface area contributed by atoms with Crippen molar-refractivity contribution < 1.29 is 4.79 Å². The summed E-state index contributed by atoms with van der Waals surface area (Å²) in [6.45, 7) is 4.58. The molecule has 1 amide bonds. The summed E-state index contributed by atoms with van der Waals surface area (Å²) in [6.07, 6.45) is 1.01. The highest BCUT2D eigenvalue weighted by Gasteiger charge is 2.26. The van der Waals surface area contributed by atoms with Crippen LogP contribution in [0.5, 0.6) is 0 Å². The molecule has 0 saturated carbocycles. The molecule has 0 aliphatic carbocycles. The maximum atomic E-state index is 12.3. The second-order valence-electron chi connectivity index (χ2n) is 5.73. The van der Waals surface area contributed by atoms with E-state index in [1.807, 2.05) is 37.3 Å². The van der Waals surface area contributed by atoms with Gasteiger partial charge in [0.05, 0.1) is 6.54 Å². The second-order valence-corrected chi connectivity index (χ2v) is 5.73. The van der Waals surface area contributed by atoms with Crippen molar-refractivity contribution in [2.75, 3.05) is 16.8 Å². The van der Waals surface area contributed by atoms with Crippen LogP contribution in [0.3, 0.4) is 0 Å². The van der Waals surface area contributed by atoms with E-state index < -0.39 is 0 Å². The van der Waals surface area contributed by atoms with Crippen LogP contribution in [-0.2, 0) is 11.2 Å². The van der Waals surface area contributed by atoms with Gasteiger partial charge in [-0.1, -0.05) is 30.3 Å². The number of benzene rings is 2. The van der Waals surface area contributed by atoms with Gasteiger partial charge in [-0.15, -0.1) is 0 Å². The van der Waals surface area contributed by atoms with Crippen LogP contribution in [0.25, 0.3) is 0 Å². The van der Waals surface area contributed by atoms with Crippen molar-refractivity contribution in [3.05, 3.63) is 59.7 Å². The van der Waals surface area contributed by atoms with Crippen LogP contribution in [0.4, 0.5) is 11.4 Å². The van der Waals surface area contributed by atoms with Crippen LogP contribution < -0.4 is 10.2 Å². The van der Waals surface area contributed by atoms with Crippen LogP contribution in [-0.4, -0.2) is 18.5 Å². The van der Waals surface area contributed by atoms with Gasteiger partial charge >= 0.3 is 0 Å². The Labute approximate surface area is 125 Å². The van der Waals surface area contributed by atoms with Crippen LogP contribution >= 0.6 is 0 Å². The maximum Gasteiger partial charge on any atom is 0.243 e. The molecule has 1 N–H and O–H groups in total. The fourth-order valence-electron chi connectivity index (χ4n) is 2.95. The first-order valence-electron chi connectivity index (χ1n) is 7.34. The number of amides is 1. The number of hydrogen-bond donors (Lipinski definition) is 1. The monoisotopic (exact) mass is 280 g/mol. The third kappa shape index (κ3) is 2.92. The molecule has 1 aliphatic heterocycles. The molecule has 0 saturated heterocycles. The van der Waals surface area contributed by atoms with Gasteiger partial charge in [-0.2, -0.15) is 0 Å². The summed E-state index contributed by atoms with van der Waals surface area (Å²) in [4.78, 5) is 14.5. The van der Waals surface area contributed by atoms with Crippen molar-refractivity contribution in [3.63, 3.8) is 0 Å². The van der Waals surface area contributed by atoms with E-state index in [-0.39, 0.29) is 5.91 Å². The number of fused-ring (bicyclic) bond motifs is 1. The van der Waals surface area contributed by atoms with Gasteiger partial charge in [0.2, 0.25) is 5.91 Å². The van der Waals surface area contributed by atoms with Crippen LogP contribution in [0, 0.1) is 6.92 Å². The zero-order valence-corrected chi connectivity index (χ0v) is 12.5. The van der Waals surface area contributed by atoms with Crippen LogP contribution in [0.2, 0.25) is 0 Å². The molecule has 21 heavy (non-hydrogen) atoms. The Hall–Kier alpha value is -2.29. The number of nitrogens with one attached hydrogen (secondary N) is 1. The van der Waals surface area contributed by atoms with Gasteiger partial charge in [0.15, 0.2) is 0 Å². The van der Waals surface area contributed by atoms with Crippen molar-refractivity contribution in [2.24, 2.45) is 0 Å². The van der Waals surface area contributed by atoms with Crippen molar-refractivity contribution in [1.29, 1.82) is 0 Å². The van der Waals surface area contributed by atoms with Gasteiger partial charge in [-0.25, -0.2) is 0 Å². The van der Waals surface area contributed by atoms with E-state index in [4.69, 9.17) is 0 Å². The maximum absolute atomic E-state index is 12.3. The Balaban J connectivity index is 1.70. The minimum atomic E-state index is 0.0316. The smallest absolute Gasteiger partial charge is 0.243 e. The summed E-state index contributed by atoms with van der Waals surface area (Å²) in [5.41, 5.74) is 4.52. The van der Waals surface area contributed by atoms with Gasteiger partial charge in [0.25, 0.3) is 0 Å². The number of anilines is 2. The molecule has 3 heteroatoms. The first kappa shape index (κ1) is 13.7. The molecule has 1 aliphatic rings. The lowest BCUT2D eigenvalue weighted by Gasteiger charge is -2.24. The Morgan fingerprint density at radius 2 is 2.05 bits per heavy atom. The third-order valence-corrected chi connectivity index (χ3v) is 3.96. The molecule has 0 aromatic heterocycles. The Bertz CT molecular complexity index is 666. The van der Waals surface area contributed by atoms with Crippen molar-refractivity contribution in [1.82, 2.24) is 0 Å². The predicted molar refractivity (Wildman–Crippen MR) is 86.8 cm³/mol. The van der Waals surface area contributed by atoms with Crippen LogP contribution in [0.1, 0.15) is 18.1 Å². The standard InChI is InChI=1S/C18H20N2O/c1-13-6-5-8-16(10-13)19-18(21)12-20-14(2)11-15-7-3-4-9-17(15)20/h3-10,14H,11-12H2,1-2H3,(H,19,21)/t14-/m0/s1. The van der Waals surface area contributed by atoms with E-state index in [0.29, 0.717) is 12.6 Å². The molecule has 3 rings (SSSR count). The average Bonchev–Trinajstić information content (AvgIpc) is 2.75. The van der Waals surface area contributed by atoms with E-state index in [2.05, 4.69) is 35.3 Å². The number of rotatable bonds is 3. The number of hydrogen-bond acceptors (Lipinski definition) is 2. The highest BCUT2D eigenvalue weighted by molar-refractivity contribution is 5.94. The molecular weight excluding hydrogens is 260 g/mol. The predicted octanol–water partition coefficient (Wildman–Crippen LogP) is 3.38. The highest BCUT2D eigenvalue weighted by atomic mass is 16.2.